The van der Waals surface area contributed by atoms with Crippen LogP contribution in [-0.2, 0) is 6.42 Å². The molecule has 4 heteroatoms. The molecular weight excluding hydrogens is 224 g/mol. The zero-order valence-electron chi connectivity index (χ0n) is 10.8. The largest absolute Gasteiger partial charge is 0.385 e. The molecule has 1 fully saturated rings. The van der Waals surface area contributed by atoms with Gasteiger partial charge in [-0.25, -0.2) is 4.98 Å². The first-order valence-corrected chi connectivity index (χ1v) is 6.71. The van der Waals surface area contributed by atoms with Crippen LogP contribution in [0.25, 0.3) is 5.65 Å². The number of hydrogen-bond acceptors (Lipinski definition) is 3. The number of nitrogens with two attached hydrogens (primary N) is 1. The summed E-state index contributed by atoms with van der Waals surface area (Å²) in [7, 11) is 0. The van der Waals surface area contributed by atoms with Crippen LogP contribution in [0.4, 0.5) is 5.82 Å². The van der Waals surface area contributed by atoms with Gasteiger partial charge in [0.25, 0.3) is 0 Å². The van der Waals surface area contributed by atoms with E-state index in [2.05, 4.69) is 23.0 Å². The van der Waals surface area contributed by atoms with Gasteiger partial charge in [-0.15, -0.1) is 0 Å². The minimum Gasteiger partial charge on any atom is -0.385 e. The van der Waals surface area contributed by atoms with Gasteiger partial charge in [0.15, 0.2) is 0 Å². The van der Waals surface area contributed by atoms with E-state index < -0.39 is 0 Å². The number of rotatable bonds is 3. The Morgan fingerprint density at radius 1 is 1.44 bits per heavy atom. The highest BCUT2D eigenvalue weighted by Crippen LogP contribution is 2.21. The van der Waals surface area contributed by atoms with Crippen molar-refractivity contribution in [3.63, 3.8) is 0 Å². The van der Waals surface area contributed by atoms with Crippen LogP contribution in [0.2, 0.25) is 0 Å². The van der Waals surface area contributed by atoms with Crippen LogP contribution in [0.1, 0.15) is 19.0 Å². The molecule has 0 radical (unpaired) electrons. The molecule has 1 atom stereocenters. The summed E-state index contributed by atoms with van der Waals surface area (Å²) in [6.07, 6.45) is 4.44. The molecule has 4 nitrogen and oxygen atoms in total. The summed E-state index contributed by atoms with van der Waals surface area (Å²) in [5, 5.41) is 0. The van der Waals surface area contributed by atoms with Crippen molar-refractivity contribution < 1.29 is 0 Å². The van der Waals surface area contributed by atoms with Crippen molar-refractivity contribution in [1.29, 1.82) is 0 Å². The lowest BCUT2D eigenvalue weighted by atomic mass is 10.0. The van der Waals surface area contributed by atoms with Crippen LogP contribution in [0.15, 0.2) is 24.4 Å². The van der Waals surface area contributed by atoms with Gasteiger partial charge in [0.05, 0.1) is 5.69 Å². The standard InChI is InChI=1S/C14H20N4/c1-2-17-7-6-11(9-17)8-12-10-18-13(15)4-3-5-14(18)16-12/h3-5,10-11H,2,6-9,15H2,1H3. The lowest BCUT2D eigenvalue weighted by molar-refractivity contribution is 0.341. The second-order valence-electron chi connectivity index (χ2n) is 5.16. The Morgan fingerprint density at radius 3 is 3.06 bits per heavy atom. The minimum absolute atomic E-state index is 0.746. The van der Waals surface area contributed by atoms with Gasteiger partial charge in [-0.05, 0) is 44.0 Å². The molecule has 0 aromatic carbocycles. The summed E-state index contributed by atoms with van der Waals surface area (Å²) in [5.74, 6) is 1.50. The van der Waals surface area contributed by atoms with Gasteiger partial charge in [0, 0.05) is 12.7 Å². The summed E-state index contributed by atoms with van der Waals surface area (Å²) in [6, 6.07) is 5.87. The predicted octanol–water partition coefficient (Wildman–Crippen LogP) is 1.80. The Morgan fingerprint density at radius 2 is 2.33 bits per heavy atom. The number of nitrogen functional groups attached to an aromatic ring is 1. The Hall–Kier alpha value is -1.55. The van der Waals surface area contributed by atoms with E-state index in [1.165, 1.54) is 19.5 Å². The zero-order valence-corrected chi connectivity index (χ0v) is 10.8. The molecular formula is C14H20N4. The van der Waals surface area contributed by atoms with Crippen LogP contribution in [0.5, 0.6) is 0 Å². The molecule has 2 aromatic heterocycles. The number of aromatic nitrogens is 2. The second kappa shape index (κ2) is 4.61. The molecule has 0 bridgehead atoms. The first-order valence-electron chi connectivity index (χ1n) is 6.71. The molecule has 0 saturated carbocycles. The molecule has 2 aromatic rings. The van der Waals surface area contributed by atoms with Gasteiger partial charge in [-0.3, -0.25) is 4.40 Å². The number of nitrogens with zero attached hydrogens (tertiary/aromatic N) is 3. The molecule has 0 amide bonds. The van der Waals surface area contributed by atoms with Crippen molar-refractivity contribution >= 4 is 11.5 Å². The quantitative estimate of drug-likeness (QED) is 0.895. The number of imidazole rings is 1. The van der Waals surface area contributed by atoms with Crippen LogP contribution in [-0.4, -0.2) is 33.9 Å². The Kier molecular flexibility index (Phi) is 2.96. The molecule has 1 saturated heterocycles. The highest BCUT2D eigenvalue weighted by Gasteiger charge is 2.22. The number of hydrogen-bond donors (Lipinski definition) is 1. The van der Waals surface area contributed by atoms with E-state index in [-0.39, 0.29) is 0 Å². The van der Waals surface area contributed by atoms with E-state index in [0.717, 1.165) is 36.0 Å². The average molecular weight is 244 g/mol. The van der Waals surface area contributed by atoms with E-state index in [9.17, 15) is 0 Å². The maximum atomic E-state index is 5.94. The van der Waals surface area contributed by atoms with Crippen molar-refractivity contribution in [2.45, 2.75) is 19.8 Å². The Labute approximate surface area is 107 Å². The van der Waals surface area contributed by atoms with Gasteiger partial charge in [0.2, 0.25) is 0 Å². The summed E-state index contributed by atoms with van der Waals surface area (Å²) in [5.41, 5.74) is 8.05. The van der Waals surface area contributed by atoms with Gasteiger partial charge in [0.1, 0.15) is 11.5 Å². The second-order valence-corrected chi connectivity index (χ2v) is 5.16. The van der Waals surface area contributed by atoms with Crippen LogP contribution < -0.4 is 5.73 Å². The van der Waals surface area contributed by atoms with Crippen molar-refractivity contribution in [3.05, 3.63) is 30.1 Å². The molecule has 3 heterocycles. The zero-order chi connectivity index (χ0) is 12.5. The molecule has 18 heavy (non-hydrogen) atoms. The van der Waals surface area contributed by atoms with E-state index in [4.69, 9.17) is 5.73 Å². The number of fused-ring (bicyclic) bond motifs is 1. The van der Waals surface area contributed by atoms with Crippen molar-refractivity contribution in [2.75, 3.05) is 25.4 Å². The van der Waals surface area contributed by atoms with Crippen molar-refractivity contribution in [3.8, 4) is 0 Å². The van der Waals surface area contributed by atoms with Crippen LogP contribution in [0, 0.1) is 5.92 Å². The molecule has 1 aliphatic rings. The molecule has 3 rings (SSSR count). The topological polar surface area (TPSA) is 46.6 Å². The third-order valence-electron chi connectivity index (χ3n) is 3.89. The third kappa shape index (κ3) is 2.08. The highest BCUT2D eigenvalue weighted by atomic mass is 15.1. The van der Waals surface area contributed by atoms with E-state index in [1.54, 1.807) is 0 Å². The van der Waals surface area contributed by atoms with Gasteiger partial charge in [-0.2, -0.15) is 0 Å². The lowest BCUT2D eigenvalue weighted by Gasteiger charge is -2.11. The Bertz CT molecular complexity index is 546. The first-order chi connectivity index (χ1) is 8.76. The summed E-state index contributed by atoms with van der Waals surface area (Å²) in [6.45, 7) is 5.83. The number of pyridine rings is 1. The lowest BCUT2D eigenvalue weighted by Crippen LogP contribution is -2.20. The fourth-order valence-corrected chi connectivity index (χ4v) is 2.84. The van der Waals surface area contributed by atoms with Crippen molar-refractivity contribution in [1.82, 2.24) is 14.3 Å². The van der Waals surface area contributed by atoms with Crippen LogP contribution in [0.3, 0.4) is 0 Å². The monoisotopic (exact) mass is 244 g/mol. The smallest absolute Gasteiger partial charge is 0.138 e. The third-order valence-corrected chi connectivity index (χ3v) is 3.89. The SMILES string of the molecule is CCN1CCC(Cc2cn3c(N)cccc3n2)C1. The summed E-state index contributed by atoms with van der Waals surface area (Å²) in [4.78, 5) is 7.16. The Balaban J connectivity index is 1.77. The van der Waals surface area contributed by atoms with Gasteiger partial charge in [-0.1, -0.05) is 13.0 Å². The number of anilines is 1. The molecule has 1 aliphatic heterocycles. The maximum absolute atomic E-state index is 5.94. The van der Waals surface area contributed by atoms with E-state index in [1.807, 2.05) is 22.6 Å². The molecule has 0 aliphatic carbocycles. The highest BCUT2D eigenvalue weighted by molar-refractivity contribution is 5.48. The van der Waals surface area contributed by atoms with E-state index >= 15 is 0 Å². The molecule has 0 spiro atoms. The summed E-state index contributed by atoms with van der Waals surface area (Å²) < 4.78 is 1.97. The fourth-order valence-electron chi connectivity index (χ4n) is 2.84. The van der Waals surface area contributed by atoms with Gasteiger partial charge < -0.3 is 10.6 Å². The van der Waals surface area contributed by atoms with Crippen LogP contribution >= 0.6 is 0 Å². The van der Waals surface area contributed by atoms with E-state index in [0.29, 0.717) is 0 Å². The maximum Gasteiger partial charge on any atom is 0.138 e. The average Bonchev–Trinajstić information content (AvgIpc) is 2.96. The summed E-state index contributed by atoms with van der Waals surface area (Å²) >= 11 is 0. The first kappa shape index (κ1) is 11.5. The molecule has 96 valence electrons. The predicted molar refractivity (Wildman–Crippen MR) is 73.5 cm³/mol. The fraction of sp³-hybridized carbons (Fsp3) is 0.500. The molecule has 1 unspecified atom stereocenters. The normalized spacial score (nSPS) is 20.8. The molecule has 2 N–H and O–H groups in total. The number of likely N-dealkylation sites (tertiary alicyclic amines) is 1. The minimum atomic E-state index is 0.746. The van der Waals surface area contributed by atoms with Crippen molar-refractivity contribution in [2.24, 2.45) is 5.92 Å². The van der Waals surface area contributed by atoms with Gasteiger partial charge >= 0.3 is 0 Å².